The standard InChI is InChI=1S/C12H17NO4S.K/c1-5(14)6-9(15)13-7(11(16)17)8(12(2,3)4)18-10(6)13;/h5-6,10,14H,1-4H3,(H,16,17);/q;+1/p-1/t5-,6+,10-;/m1./s1. The van der Waals surface area contributed by atoms with Gasteiger partial charge in [0.25, 0.3) is 0 Å². The monoisotopic (exact) mass is 309 g/mol. The largest absolute Gasteiger partial charge is 1.00 e. The van der Waals surface area contributed by atoms with E-state index in [4.69, 9.17) is 0 Å². The molecule has 1 fully saturated rings. The molecular formula is C12H16KNO4S. The van der Waals surface area contributed by atoms with E-state index in [9.17, 15) is 19.8 Å². The van der Waals surface area contributed by atoms with E-state index in [1.54, 1.807) is 6.92 Å². The molecule has 0 bridgehead atoms. The molecule has 19 heavy (non-hydrogen) atoms. The molecule has 0 radical (unpaired) electrons. The van der Waals surface area contributed by atoms with Gasteiger partial charge in [0.15, 0.2) is 0 Å². The van der Waals surface area contributed by atoms with Crippen LogP contribution in [0.3, 0.4) is 0 Å². The average molecular weight is 309 g/mol. The predicted octanol–water partition coefficient (Wildman–Crippen LogP) is -3.09. The molecule has 1 N–H and O–H groups in total. The smallest absolute Gasteiger partial charge is 0.543 e. The van der Waals surface area contributed by atoms with Gasteiger partial charge in [-0.2, -0.15) is 0 Å². The van der Waals surface area contributed by atoms with Gasteiger partial charge in [-0.15, -0.1) is 11.8 Å². The zero-order valence-corrected chi connectivity index (χ0v) is 15.7. The molecule has 0 aromatic heterocycles. The summed E-state index contributed by atoms with van der Waals surface area (Å²) in [6.07, 6.45) is -0.770. The number of nitrogens with zero attached hydrogens (tertiary/aromatic N) is 1. The second-order valence-electron chi connectivity index (χ2n) is 5.70. The molecule has 1 saturated heterocycles. The Morgan fingerprint density at radius 2 is 2.00 bits per heavy atom. The van der Waals surface area contributed by atoms with Crippen LogP contribution in [-0.2, 0) is 9.59 Å². The van der Waals surface area contributed by atoms with Crippen LogP contribution in [0.5, 0.6) is 0 Å². The summed E-state index contributed by atoms with van der Waals surface area (Å²) in [5, 5.41) is 20.5. The fourth-order valence-electron chi connectivity index (χ4n) is 2.30. The zero-order valence-electron chi connectivity index (χ0n) is 11.8. The van der Waals surface area contributed by atoms with E-state index in [0.717, 1.165) is 0 Å². The predicted molar refractivity (Wildman–Crippen MR) is 64.9 cm³/mol. The van der Waals surface area contributed by atoms with Crippen LogP contribution in [0.25, 0.3) is 0 Å². The van der Waals surface area contributed by atoms with Gasteiger partial charge in [0.2, 0.25) is 5.91 Å². The average Bonchev–Trinajstić information content (AvgIpc) is 2.51. The van der Waals surface area contributed by atoms with E-state index in [1.807, 2.05) is 20.8 Å². The minimum absolute atomic E-state index is 0. The summed E-state index contributed by atoms with van der Waals surface area (Å²) in [6.45, 7) is 7.23. The first-order valence-electron chi connectivity index (χ1n) is 5.80. The number of amides is 1. The second-order valence-corrected chi connectivity index (χ2v) is 6.83. The van der Waals surface area contributed by atoms with Gasteiger partial charge < -0.3 is 15.0 Å². The summed E-state index contributed by atoms with van der Waals surface area (Å²) in [6, 6.07) is 0. The van der Waals surface area contributed by atoms with Crippen molar-refractivity contribution in [3.63, 3.8) is 0 Å². The number of rotatable bonds is 2. The summed E-state index contributed by atoms with van der Waals surface area (Å²) >= 11 is 1.35. The summed E-state index contributed by atoms with van der Waals surface area (Å²) in [5.41, 5.74) is -0.389. The molecular weight excluding hydrogens is 293 g/mol. The first kappa shape index (κ1) is 17.7. The molecule has 2 aliphatic heterocycles. The van der Waals surface area contributed by atoms with E-state index >= 15 is 0 Å². The molecule has 0 aromatic carbocycles. The van der Waals surface area contributed by atoms with Crippen molar-refractivity contribution in [2.24, 2.45) is 11.3 Å². The molecule has 7 heteroatoms. The van der Waals surface area contributed by atoms with Gasteiger partial charge in [-0.1, -0.05) is 20.8 Å². The molecule has 2 aliphatic rings. The molecule has 1 amide bonds. The van der Waals surface area contributed by atoms with Crippen molar-refractivity contribution < 1.29 is 71.2 Å². The fraction of sp³-hybridized carbons (Fsp3) is 0.667. The van der Waals surface area contributed by atoms with Gasteiger partial charge in [-0.3, -0.25) is 9.69 Å². The summed E-state index contributed by atoms with van der Waals surface area (Å²) < 4.78 is 0. The van der Waals surface area contributed by atoms with Crippen molar-refractivity contribution in [1.82, 2.24) is 4.90 Å². The number of carboxylic acids is 1. The second kappa shape index (κ2) is 5.79. The quantitative estimate of drug-likeness (QED) is 0.432. The maximum Gasteiger partial charge on any atom is 1.00 e. The zero-order chi connectivity index (χ0) is 13.8. The summed E-state index contributed by atoms with van der Waals surface area (Å²) in [7, 11) is 0. The van der Waals surface area contributed by atoms with Gasteiger partial charge in [0.1, 0.15) is 5.37 Å². The number of fused-ring (bicyclic) bond motifs is 1. The number of aliphatic carboxylic acids is 1. The number of hydrogen-bond donors (Lipinski definition) is 1. The SMILES string of the molecule is C[C@@H](O)[C@H]1C(=O)N2C(C(=O)[O-])=C(C(C)(C)C)S[C@H]12.[K+]. The minimum atomic E-state index is -1.33. The molecule has 0 aliphatic carbocycles. The van der Waals surface area contributed by atoms with Crippen LogP contribution in [0.1, 0.15) is 27.7 Å². The summed E-state index contributed by atoms with van der Waals surface area (Å²) in [4.78, 5) is 25.0. The van der Waals surface area contributed by atoms with Gasteiger partial charge in [-0.05, 0) is 12.3 Å². The van der Waals surface area contributed by atoms with Crippen LogP contribution >= 0.6 is 11.8 Å². The number of allylic oxidation sites excluding steroid dienone is 1. The molecule has 2 rings (SSSR count). The van der Waals surface area contributed by atoms with Gasteiger partial charge in [-0.25, -0.2) is 0 Å². The fourth-order valence-corrected chi connectivity index (χ4v) is 4.00. The minimum Gasteiger partial charge on any atom is -0.543 e. The third-order valence-corrected chi connectivity index (χ3v) is 4.96. The number of aliphatic hydroxyl groups is 1. The Bertz CT molecular complexity index is 455. The number of carboxylic acid groups (broad SMARTS) is 1. The number of β-lactam (4-membered cyclic amide) rings is 1. The van der Waals surface area contributed by atoms with E-state index in [2.05, 4.69) is 0 Å². The molecule has 0 saturated carbocycles. The molecule has 0 unspecified atom stereocenters. The normalized spacial score (nSPS) is 27.6. The first-order valence-corrected chi connectivity index (χ1v) is 6.68. The number of aliphatic hydroxyl groups excluding tert-OH is 1. The van der Waals surface area contributed by atoms with Crippen LogP contribution in [0.2, 0.25) is 0 Å². The Hall–Kier alpha value is 0.626. The molecule has 0 aromatic rings. The van der Waals surface area contributed by atoms with E-state index < -0.39 is 18.0 Å². The van der Waals surface area contributed by atoms with Crippen LogP contribution < -0.4 is 56.5 Å². The van der Waals surface area contributed by atoms with Crippen molar-refractivity contribution in [1.29, 1.82) is 0 Å². The van der Waals surface area contributed by atoms with E-state index in [-0.39, 0.29) is 73.8 Å². The number of thioether (sulfide) groups is 1. The molecule has 3 atom stereocenters. The maximum atomic E-state index is 11.9. The third-order valence-electron chi connectivity index (χ3n) is 3.17. The van der Waals surface area contributed by atoms with Gasteiger partial charge in [0, 0.05) is 4.91 Å². The van der Waals surface area contributed by atoms with Crippen molar-refractivity contribution in [3.8, 4) is 0 Å². The molecule has 5 nitrogen and oxygen atoms in total. The molecule has 0 spiro atoms. The summed E-state index contributed by atoms with van der Waals surface area (Å²) in [5.74, 6) is -2.18. The van der Waals surface area contributed by atoms with Crippen molar-refractivity contribution >= 4 is 23.6 Å². The van der Waals surface area contributed by atoms with Crippen LogP contribution in [0, 0.1) is 11.3 Å². The van der Waals surface area contributed by atoms with E-state index in [0.29, 0.717) is 4.91 Å². The Morgan fingerprint density at radius 1 is 1.47 bits per heavy atom. The Kier molecular flexibility index (Phi) is 5.38. The Morgan fingerprint density at radius 3 is 2.37 bits per heavy atom. The topological polar surface area (TPSA) is 80.7 Å². The van der Waals surface area contributed by atoms with Crippen LogP contribution in [0.4, 0.5) is 0 Å². The molecule has 2 heterocycles. The maximum absolute atomic E-state index is 11.9. The molecule has 100 valence electrons. The first-order chi connectivity index (χ1) is 8.16. The Balaban J connectivity index is 0.00000180. The number of carbonyl (C=O) groups excluding carboxylic acids is 2. The van der Waals surface area contributed by atoms with Gasteiger partial charge in [0.05, 0.1) is 23.7 Å². The van der Waals surface area contributed by atoms with E-state index in [1.165, 1.54) is 16.7 Å². The van der Waals surface area contributed by atoms with Crippen molar-refractivity contribution in [2.45, 2.75) is 39.2 Å². The third kappa shape index (κ3) is 2.83. The van der Waals surface area contributed by atoms with Crippen LogP contribution in [0.15, 0.2) is 10.6 Å². The van der Waals surface area contributed by atoms with Crippen LogP contribution in [-0.4, -0.2) is 33.4 Å². The van der Waals surface area contributed by atoms with Crippen molar-refractivity contribution in [3.05, 3.63) is 10.6 Å². The van der Waals surface area contributed by atoms with Crippen molar-refractivity contribution in [2.75, 3.05) is 0 Å². The Labute approximate surface area is 159 Å². The number of carbonyl (C=O) groups is 2. The number of hydrogen-bond acceptors (Lipinski definition) is 5. The van der Waals surface area contributed by atoms with Gasteiger partial charge >= 0.3 is 51.4 Å².